The molecule has 3 N–H and O–H groups in total. The fourth-order valence-corrected chi connectivity index (χ4v) is 5.21. The zero-order valence-electron chi connectivity index (χ0n) is 24.5. The number of nitrogens with zero attached hydrogens (tertiary/aromatic N) is 4. The van der Waals surface area contributed by atoms with E-state index < -0.39 is 101 Å². The fraction of sp³-hybridized carbons (Fsp3) is 0. The van der Waals surface area contributed by atoms with E-state index in [1.165, 1.54) is 0 Å². The van der Waals surface area contributed by atoms with Gasteiger partial charge in [0.2, 0.25) is 0 Å². The van der Waals surface area contributed by atoms with Crippen molar-refractivity contribution >= 4 is 65.7 Å². The van der Waals surface area contributed by atoms with E-state index in [1.807, 2.05) is 0 Å². The van der Waals surface area contributed by atoms with Crippen molar-refractivity contribution in [1.82, 2.24) is 21.8 Å². The summed E-state index contributed by atoms with van der Waals surface area (Å²) in [5.41, 5.74) is 1.24. The third kappa shape index (κ3) is 11.2. The monoisotopic (exact) mass is 797 g/mol. The van der Waals surface area contributed by atoms with E-state index in [0.29, 0.717) is 36.4 Å². The van der Waals surface area contributed by atoms with E-state index in [-0.39, 0.29) is 0 Å². The Hall–Kier alpha value is -6.64. The molecule has 0 aromatic heterocycles. The molecule has 0 saturated heterocycles. The number of rotatable bonds is 18. The van der Waals surface area contributed by atoms with Gasteiger partial charge in [0.25, 0.3) is 14.8 Å². The molecule has 0 heterocycles. The van der Waals surface area contributed by atoms with Crippen LogP contribution in [0.4, 0.5) is 31.4 Å². The first-order chi connectivity index (χ1) is 24.2. The molecule has 3 aromatic rings. The summed E-state index contributed by atoms with van der Waals surface area (Å²) in [6.45, 7) is 0. The summed E-state index contributed by atoms with van der Waals surface area (Å²) in [6, 6.07) is 8.60. The molecule has 0 radical (unpaired) electrons. The molecule has 0 aliphatic carbocycles. The van der Waals surface area contributed by atoms with Crippen LogP contribution in [0.1, 0.15) is 0 Å². The lowest BCUT2D eigenvalue weighted by molar-refractivity contribution is -1.01. The number of hydrogen-bond acceptors (Lipinski definition) is 22. The van der Waals surface area contributed by atoms with E-state index in [2.05, 4.69) is 27.7 Å². The summed E-state index contributed by atoms with van der Waals surface area (Å²) in [5.74, 6) is 0. The summed E-state index contributed by atoms with van der Waals surface area (Å²) in [5, 5.41) is 30.6. The van der Waals surface area contributed by atoms with Gasteiger partial charge in [0.05, 0.1) is 29.4 Å². The summed E-state index contributed by atoms with van der Waals surface area (Å²) in [6.07, 6.45) is -6.33. The Balaban J connectivity index is 1.85. The molecule has 3 aromatic carbocycles. The average molecular weight is 798 g/mol. The van der Waals surface area contributed by atoms with Crippen molar-refractivity contribution in [3.8, 4) is 0 Å². The van der Waals surface area contributed by atoms with Crippen molar-refractivity contribution in [2.24, 2.45) is 0 Å². The summed E-state index contributed by atoms with van der Waals surface area (Å²) in [7, 11) is -14.3. The molecule has 31 heteroatoms. The van der Waals surface area contributed by atoms with Crippen LogP contribution in [0, 0.1) is 14.7 Å². The molecule has 52 heavy (non-hydrogen) atoms. The molecule has 0 spiro atoms. The molecule has 3 rings (SSSR count). The lowest BCUT2D eigenvalue weighted by atomic mass is 10.3. The normalized spacial score (nSPS) is 11.5. The molecule has 0 bridgehead atoms. The number of carboxylic acid groups (broad SMARTS) is 3. The molecular weight excluding hydrogens is 782 g/mol. The topological polar surface area (TPSA) is 378 Å². The molecule has 0 saturated carbocycles. The Kier molecular flexibility index (Phi) is 12.5. The summed E-state index contributed by atoms with van der Waals surface area (Å²) in [4.78, 5) is 79.4. The van der Waals surface area contributed by atoms with Gasteiger partial charge < -0.3 is 29.7 Å². The van der Waals surface area contributed by atoms with Gasteiger partial charge in [-0.15, -0.1) is 12.9 Å². The van der Waals surface area contributed by atoms with E-state index in [4.69, 9.17) is 0 Å². The Morgan fingerprint density at radius 3 is 0.865 bits per heavy atom. The van der Waals surface area contributed by atoms with Crippen LogP contribution in [0.3, 0.4) is 0 Å². The minimum absolute atomic E-state index is 0.549. The van der Waals surface area contributed by atoms with Gasteiger partial charge >= 0.3 is 52.8 Å². The van der Waals surface area contributed by atoms with Crippen LogP contribution in [0.2, 0.25) is 0 Å². The van der Waals surface area contributed by atoms with Crippen molar-refractivity contribution in [2.75, 3.05) is 0 Å². The zero-order valence-corrected chi connectivity index (χ0v) is 27.0. The molecule has 0 aliphatic heterocycles. The van der Waals surface area contributed by atoms with Gasteiger partial charge in [-0.05, 0) is 51.2 Å². The molecule has 0 atom stereocenters. The van der Waals surface area contributed by atoms with Crippen molar-refractivity contribution in [3.63, 3.8) is 0 Å². The number of amides is 3. The van der Waals surface area contributed by atoms with Crippen LogP contribution in [-0.4, -0.2) is 63.7 Å². The van der Waals surface area contributed by atoms with Crippen LogP contribution < -0.4 is 31.8 Å². The van der Waals surface area contributed by atoms with Gasteiger partial charge in [-0.2, -0.15) is 25.3 Å². The Morgan fingerprint density at radius 2 is 0.673 bits per heavy atom. The first-order valence-electron chi connectivity index (χ1n) is 12.5. The lowest BCUT2D eigenvalue weighted by Gasteiger charge is -2.07. The SMILES string of the molecule is O=C([O-])NOS(=O)(=O)c1ccc([N+](=O)ON(O[N+](=O)c2ccc(S(=O)(=O)ONC(=O)[O-])cc2)O[N+](=O)c2ccc(S(=O)(=O)ONC(=O)[O-])cc2)cc1. The Labute approximate surface area is 286 Å². The number of hydrogen-bond donors (Lipinski definition) is 3. The molecule has 28 nitrogen and oxygen atoms in total. The number of hydroxylamine groups is 3. The molecular formula is C21H15N7O21S3. The second kappa shape index (κ2) is 16.4. The molecule has 3 amide bonds. The molecule has 0 unspecified atom stereocenters. The minimum Gasteiger partial charge on any atom is -0.528 e. The summed E-state index contributed by atoms with van der Waals surface area (Å²) >= 11 is 0. The van der Waals surface area contributed by atoms with Crippen LogP contribution in [0.15, 0.2) is 87.5 Å². The highest BCUT2D eigenvalue weighted by molar-refractivity contribution is 7.87. The third-order valence-corrected chi connectivity index (χ3v) is 8.59. The maximum absolute atomic E-state index is 12.7. The minimum atomic E-state index is -4.76. The predicted molar refractivity (Wildman–Crippen MR) is 145 cm³/mol. The van der Waals surface area contributed by atoms with Crippen molar-refractivity contribution in [2.45, 2.75) is 14.7 Å². The number of carbonyl (C=O) groups is 3. The van der Waals surface area contributed by atoms with Gasteiger partial charge in [-0.3, -0.25) is 0 Å². The zero-order chi connectivity index (χ0) is 38.9. The van der Waals surface area contributed by atoms with Gasteiger partial charge in [-0.1, -0.05) is 0 Å². The maximum Gasteiger partial charge on any atom is 0.423 e. The highest BCUT2D eigenvalue weighted by Crippen LogP contribution is 2.23. The largest absolute Gasteiger partial charge is 0.528 e. The summed E-state index contributed by atoms with van der Waals surface area (Å²) < 4.78 is 84.0. The van der Waals surface area contributed by atoms with E-state index in [9.17, 15) is 69.7 Å². The second-order valence-corrected chi connectivity index (χ2v) is 13.1. The number of nitrogens with one attached hydrogen (secondary N) is 3. The van der Waals surface area contributed by atoms with Crippen molar-refractivity contribution < 1.29 is 97.4 Å². The first kappa shape index (κ1) is 39.8. The van der Waals surface area contributed by atoms with Crippen LogP contribution >= 0.6 is 0 Å². The highest BCUT2D eigenvalue weighted by atomic mass is 32.2. The average Bonchev–Trinajstić information content (AvgIpc) is 3.09. The fourth-order valence-electron chi connectivity index (χ4n) is 2.98. The standard InChI is InChI=1S/C21H15N7O21S3/c29-19(30)22-44-50(38,39)16-7-1-13(2-8-16)25(35)47-28(48-26(36)14-3-9-17(10-4-14)51(40,41)45-23-20(31)32)49-27(37)15-5-11-18(12-6-15)52(42,43)46-24-21(33)34/h1-12,22-24H. The first-order valence-corrected chi connectivity index (χ1v) is 16.7. The predicted octanol–water partition coefficient (Wildman–Crippen LogP) is -3.18. The molecule has 278 valence electrons. The quantitative estimate of drug-likeness (QED) is 0.107. The van der Waals surface area contributed by atoms with Crippen molar-refractivity contribution in [1.29, 1.82) is 0 Å². The Bertz CT molecular complexity index is 1950. The van der Waals surface area contributed by atoms with Gasteiger partial charge in [0.15, 0.2) is 18.3 Å². The number of benzene rings is 3. The smallest absolute Gasteiger partial charge is 0.423 e. The van der Waals surface area contributed by atoms with Crippen molar-refractivity contribution in [3.05, 3.63) is 87.5 Å². The molecule has 0 fully saturated rings. The van der Waals surface area contributed by atoms with Gasteiger partial charge in [0.1, 0.15) is 0 Å². The molecule has 0 aliphatic rings. The number of carbonyl (C=O) groups excluding carboxylic acids is 3. The van der Waals surface area contributed by atoms with Gasteiger partial charge in [0, 0.05) is 36.4 Å². The van der Waals surface area contributed by atoms with Gasteiger partial charge in [-0.25, -0.2) is 16.4 Å². The second-order valence-electron chi connectivity index (χ2n) is 8.50. The lowest BCUT2D eigenvalue weighted by Crippen LogP contribution is -2.37. The highest BCUT2D eigenvalue weighted by Gasteiger charge is 2.40. The van der Waals surface area contributed by atoms with Crippen LogP contribution in [0.5, 0.6) is 0 Å². The third-order valence-electron chi connectivity index (χ3n) is 5.14. The Morgan fingerprint density at radius 1 is 0.462 bits per heavy atom. The van der Waals surface area contributed by atoms with E-state index in [1.54, 1.807) is 0 Å². The maximum atomic E-state index is 12.7. The van der Waals surface area contributed by atoms with Crippen LogP contribution in [-0.2, 0) is 58.0 Å². The van der Waals surface area contributed by atoms with Crippen LogP contribution in [0.25, 0.3) is 0 Å². The van der Waals surface area contributed by atoms with E-state index in [0.717, 1.165) is 52.8 Å². The van der Waals surface area contributed by atoms with E-state index >= 15 is 0 Å².